The van der Waals surface area contributed by atoms with Crippen LogP contribution in [0.4, 0.5) is 0 Å². The van der Waals surface area contributed by atoms with Crippen LogP contribution in [-0.2, 0) is 16.0 Å². The van der Waals surface area contributed by atoms with E-state index < -0.39 is 0 Å². The van der Waals surface area contributed by atoms with Crippen molar-refractivity contribution in [3.63, 3.8) is 0 Å². The molecule has 1 aromatic carbocycles. The molecule has 0 saturated heterocycles. The maximum absolute atomic E-state index is 11.7. The van der Waals surface area contributed by atoms with Crippen molar-refractivity contribution in [2.45, 2.75) is 57.5 Å². The molecule has 0 N–H and O–H groups in total. The first-order valence-corrected chi connectivity index (χ1v) is 7.51. The molecule has 1 fully saturated rings. The summed E-state index contributed by atoms with van der Waals surface area (Å²) in [5, 5.41) is 0. The van der Waals surface area contributed by atoms with Gasteiger partial charge in [-0.1, -0.05) is 30.7 Å². The minimum atomic E-state index is -0.0681. The van der Waals surface area contributed by atoms with Gasteiger partial charge in [-0.2, -0.15) is 0 Å². The van der Waals surface area contributed by atoms with E-state index in [-0.39, 0.29) is 12.1 Å². The van der Waals surface area contributed by atoms with E-state index in [9.17, 15) is 9.59 Å². The van der Waals surface area contributed by atoms with Crippen LogP contribution in [0.1, 0.15) is 60.9 Å². The van der Waals surface area contributed by atoms with Crippen molar-refractivity contribution < 1.29 is 14.3 Å². The Morgan fingerprint density at radius 1 is 1.15 bits per heavy atom. The number of hydrogen-bond acceptors (Lipinski definition) is 3. The van der Waals surface area contributed by atoms with Crippen LogP contribution in [0.15, 0.2) is 24.3 Å². The van der Waals surface area contributed by atoms with Crippen LogP contribution in [0.2, 0.25) is 0 Å². The highest BCUT2D eigenvalue weighted by Gasteiger charge is 2.17. The van der Waals surface area contributed by atoms with Crippen molar-refractivity contribution in [1.29, 1.82) is 0 Å². The smallest absolute Gasteiger partial charge is 0.306 e. The van der Waals surface area contributed by atoms with E-state index in [1.165, 1.54) is 19.3 Å². The summed E-state index contributed by atoms with van der Waals surface area (Å²) in [6.45, 7) is 0. The lowest BCUT2D eigenvalue weighted by molar-refractivity contribution is -0.150. The van der Waals surface area contributed by atoms with Gasteiger partial charge >= 0.3 is 5.97 Å². The lowest BCUT2D eigenvalue weighted by Crippen LogP contribution is -2.20. The summed E-state index contributed by atoms with van der Waals surface area (Å²) in [5.74, 6) is -0.0681. The van der Waals surface area contributed by atoms with Gasteiger partial charge in [0, 0.05) is 12.0 Å². The number of hydrogen-bond donors (Lipinski definition) is 0. The minimum absolute atomic E-state index is 0.0681. The molecule has 1 aliphatic carbocycles. The first-order chi connectivity index (χ1) is 9.78. The van der Waals surface area contributed by atoms with Crippen LogP contribution in [0.3, 0.4) is 0 Å². The molecule has 20 heavy (non-hydrogen) atoms. The third-order valence-electron chi connectivity index (χ3n) is 3.81. The highest BCUT2D eigenvalue weighted by Crippen LogP contribution is 2.21. The Labute approximate surface area is 120 Å². The number of esters is 1. The summed E-state index contributed by atoms with van der Waals surface area (Å²) in [6, 6.07) is 7.50. The number of rotatable bonds is 6. The molecule has 0 aliphatic heterocycles. The normalized spacial score (nSPS) is 15.8. The Bertz CT molecular complexity index is 430. The fourth-order valence-electron chi connectivity index (χ4n) is 2.63. The van der Waals surface area contributed by atoms with Gasteiger partial charge in [-0.3, -0.25) is 9.59 Å². The Morgan fingerprint density at radius 3 is 2.50 bits per heavy atom. The van der Waals surface area contributed by atoms with Crippen molar-refractivity contribution in [1.82, 2.24) is 0 Å². The lowest BCUT2D eigenvalue weighted by atomic mass is 9.98. The molecule has 0 heterocycles. The summed E-state index contributed by atoms with van der Waals surface area (Å²) < 4.78 is 5.48. The number of ether oxygens (including phenoxy) is 1. The van der Waals surface area contributed by atoms with Gasteiger partial charge in [0.15, 0.2) is 0 Å². The molecule has 0 aromatic heterocycles. The summed E-state index contributed by atoms with van der Waals surface area (Å²) in [5.41, 5.74) is 1.84. The van der Waals surface area contributed by atoms with E-state index in [4.69, 9.17) is 4.74 Å². The minimum Gasteiger partial charge on any atom is -0.462 e. The largest absolute Gasteiger partial charge is 0.462 e. The average molecular weight is 274 g/mol. The topological polar surface area (TPSA) is 43.4 Å². The van der Waals surface area contributed by atoms with Crippen LogP contribution in [0.5, 0.6) is 0 Å². The summed E-state index contributed by atoms with van der Waals surface area (Å²) in [6.07, 6.45) is 8.80. The van der Waals surface area contributed by atoms with E-state index in [0.29, 0.717) is 12.0 Å². The van der Waals surface area contributed by atoms with Gasteiger partial charge in [0.1, 0.15) is 12.4 Å². The third-order valence-corrected chi connectivity index (χ3v) is 3.81. The van der Waals surface area contributed by atoms with E-state index in [0.717, 1.165) is 37.5 Å². The van der Waals surface area contributed by atoms with Crippen LogP contribution in [-0.4, -0.2) is 18.4 Å². The zero-order chi connectivity index (χ0) is 14.2. The van der Waals surface area contributed by atoms with Crippen LogP contribution < -0.4 is 0 Å². The summed E-state index contributed by atoms with van der Waals surface area (Å²) in [4.78, 5) is 22.3. The van der Waals surface area contributed by atoms with Gasteiger partial charge in [-0.25, -0.2) is 0 Å². The van der Waals surface area contributed by atoms with Crippen molar-refractivity contribution in [3.8, 4) is 0 Å². The van der Waals surface area contributed by atoms with Gasteiger partial charge in [-0.15, -0.1) is 0 Å². The van der Waals surface area contributed by atoms with E-state index >= 15 is 0 Å². The number of aryl methyl sites for hydroxylation is 1. The number of aldehydes is 1. The Kier molecular flexibility index (Phi) is 5.78. The zero-order valence-electron chi connectivity index (χ0n) is 11.8. The molecule has 0 radical (unpaired) electrons. The molecule has 0 amide bonds. The van der Waals surface area contributed by atoms with Crippen molar-refractivity contribution in [3.05, 3.63) is 35.4 Å². The number of carbonyl (C=O) groups excluding carboxylic acids is 2. The van der Waals surface area contributed by atoms with Crippen molar-refractivity contribution >= 4 is 12.3 Å². The molecule has 0 bridgehead atoms. The summed E-state index contributed by atoms with van der Waals surface area (Å²) in [7, 11) is 0. The molecule has 1 aliphatic rings. The monoisotopic (exact) mass is 274 g/mol. The lowest BCUT2D eigenvalue weighted by Gasteiger charge is -2.21. The highest BCUT2D eigenvalue weighted by molar-refractivity contribution is 5.74. The molecular formula is C17H22O3. The standard InChI is InChI=1S/C17H22O3/c18-13-15-11-9-14(10-12-15)5-4-8-17(19)20-16-6-2-1-3-7-16/h9-13,16H,1-8H2. The van der Waals surface area contributed by atoms with Gasteiger partial charge in [0.05, 0.1) is 0 Å². The fourth-order valence-corrected chi connectivity index (χ4v) is 2.63. The maximum Gasteiger partial charge on any atom is 0.306 e. The molecule has 1 aromatic rings. The zero-order valence-corrected chi connectivity index (χ0v) is 11.8. The highest BCUT2D eigenvalue weighted by atomic mass is 16.5. The van der Waals surface area contributed by atoms with Gasteiger partial charge in [0.2, 0.25) is 0 Å². The van der Waals surface area contributed by atoms with Crippen molar-refractivity contribution in [2.24, 2.45) is 0 Å². The predicted octanol–water partition coefficient (Wildman–Crippen LogP) is 3.70. The molecule has 108 valence electrons. The van der Waals surface area contributed by atoms with E-state index in [1.54, 1.807) is 0 Å². The molecule has 1 saturated carbocycles. The Hall–Kier alpha value is -1.64. The average Bonchev–Trinajstić information content (AvgIpc) is 2.49. The molecule has 3 heteroatoms. The van der Waals surface area contributed by atoms with Crippen LogP contribution >= 0.6 is 0 Å². The van der Waals surface area contributed by atoms with E-state index in [1.807, 2.05) is 24.3 Å². The van der Waals surface area contributed by atoms with Crippen LogP contribution in [0.25, 0.3) is 0 Å². The van der Waals surface area contributed by atoms with E-state index in [2.05, 4.69) is 0 Å². The molecule has 3 nitrogen and oxygen atoms in total. The van der Waals surface area contributed by atoms with Crippen molar-refractivity contribution in [2.75, 3.05) is 0 Å². The molecule has 2 rings (SSSR count). The maximum atomic E-state index is 11.7. The Balaban J connectivity index is 1.66. The predicted molar refractivity (Wildman–Crippen MR) is 77.7 cm³/mol. The van der Waals surface area contributed by atoms with Crippen LogP contribution in [0, 0.1) is 0 Å². The first kappa shape index (κ1) is 14.8. The summed E-state index contributed by atoms with van der Waals surface area (Å²) >= 11 is 0. The Morgan fingerprint density at radius 2 is 1.85 bits per heavy atom. The number of benzene rings is 1. The van der Waals surface area contributed by atoms with Gasteiger partial charge in [0.25, 0.3) is 0 Å². The SMILES string of the molecule is O=Cc1ccc(CCCC(=O)OC2CCCCC2)cc1. The molecular weight excluding hydrogens is 252 g/mol. The molecule has 0 atom stereocenters. The van der Waals surface area contributed by atoms with Gasteiger partial charge < -0.3 is 4.74 Å². The second-order valence-corrected chi connectivity index (χ2v) is 5.46. The second kappa shape index (κ2) is 7.83. The molecule has 0 unspecified atom stereocenters. The quantitative estimate of drug-likeness (QED) is 0.587. The molecule has 0 spiro atoms. The number of carbonyl (C=O) groups is 2. The third kappa shape index (κ3) is 4.80. The second-order valence-electron chi connectivity index (χ2n) is 5.46. The van der Waals surface area contributed by atoms with Gasteiger partial charge in [-0.05, 0) is 44.1 Å². The first-order valence-electron chi connectivity index (χ1n) is 7.51. The fraction of sp³-hybridized carbons (Fsp3) is 0.529.